The van der Waals surface area contributed by atoms with Gasteiger partial charge in [0.25, 0.3) is 0 Å². The second-order valence-corrected chi connectivity index (χ2v) is 11.7. The number of ether oxygens (including phenoxy) is 2. The fourth-order valence-electron chi connectivity index (χ4n) is 5.39. The van der Waals surface area contributed by atoms with Gasteiger partial charge in [-0.3, -0.25) is 9.59 Å². The Bertz CT molecular complexity index is 1170. The number of rotatable bonds is 7. The van der Waals surface area contributed by atoms with Crippen LogP contribution in [0.2, 0.25) is 0 Å². The minimum atomic E-state index is -0.714. The van der Waals surface area contributed by atoms with Crippen molar-refractivity contribution in [3.8, 4) is 0 Å². The molecule has 3 N–H and O–H groups in total. The van der Waals surface area contributed by atoms with E-state index in [1.54, 1.807) is 17.0 Å². The number of nitrogens with zero attached hydrogens (tertiary/aromatic N) is 1. The van der Waals surface area contributed by atoms with Crippen molar-refractivity contribution in [2.75, 3.05) is 13.7 Å². The second-order valence-electron chi connectivity index (χ2n) is 11.7. The molecule has 8 heteroatoms. The third kappa shape index (κ3) is 6.86. The van der Waals surface area contributed by atoms with Crippen molar-refractivity contribution < 1.29 is 23.9 Å². The van der Waals surface area contributed by atoms with Gasteiger partial charge in [0.2, 0.25) is 11.8 Å². The van der Waals surface area contributed by atoms with E-state index in [0.717, 1.165) is 30.4 Å². The Morgan fingerprint density at radius 3 is 2.49 bits per heavy atom. The quantitative estimate of drug-likeness (QED) is 0.520. The van der Waals surface area contributed by atoms with Crippen molar-refractivity contribution in [2.24, 2.45) is 11.1 Å². The lowest BCUT2D eigenvalue weighted by Gasteiger charge is -2.42. The lowest BCUT2D eigenvalue weighted by molar-refractivity contribution is -0.149. The number of piperidine rings is 1. The highest BCUT2D eigenvalue weighted by Gasteiger charge is 2.41. The van der Waals surface area contributed by atoms with E-state index in [0.29, 0.717) is 31.6 Å². The molecule has 2 aromatic rings. The molecule has 0 saturated carbocycles. The number of hydrogen-bond donors (Lipinski definition) is 2. The molecule has 1 fully saturated rings. The van der Waals surface area contributed by atoms with E-state index in [2.05, 4.69) is 17.4 Å². The largest absolute Gasteiger partial charge is 0.465 e. The molecule has 1 heterocycles. The zero-order chi connectivity index (χ0) is 28.2. The molecule has 2 aliphatic rings. The normalized spacial score (nSPS) is 22.0. The molecule has 0 bridgehead atoms. The van der Waals surface area contributed by atoms with Crippen LogP contribution in [0, 0.1) is 5.41 Å². The van der Waals surface area contributed by atoms with E-state index >= 15 is 0 Å². The van der Waals surface area contributed by atoms with Crippen LogP contribution in [0.4, 0.5) is 0 Å². The zero-order valence-corrected chi connectivity index (χ0v) is 23.4. The maximum atomic E-state index is 13.8. The fourth-order valence-corrected chi connectivity index (χ4v) is 5.39. The summed E-state index contributed by atoms with van der Waals surface area (Å²) in [6.07, 6.45) is 3.68. The number of amides is 2. The number of aryl methyl sites for hydroxylation is 1. The predicted molar refractivity (Wildman–Crippen MR) is 149 cm³/mol. The average molecular weight is 536 g/mol. The van der Waals surface area contributed by atoms with Crippen molar-refractivity contribution in [3.05, 3.63) is 70.8 Å². The topological polar surface area (TPSA) is 111 Å². The third-order valence-electron chi connectivity index (χ3n) is 7.89. The molecule has 0 aromatic heterocycles. The minimum Gasteiger partial charge on any atom is -0.465 e. The van der Waals surface area contributed by atoms with Gasteiger partial charge >= 0.3 is 5.97 Å². The van der Waals surface area contributed by atoms with E-state index < -0.39 is 17.5 Å². The molecule has 1 aliphatic heterocycles. The van der Waals surface area contributed by atoms with Crippen molar-refractivity contribution >= 4 is 17.8 Å². The first-order valence-corrected chi connectivity index (χ1v) is 13.8. The summed E-state index contributed by atoms with van der Waals surface area (Å²) in [5, 5.41) is 3.25. The van der Waals surface area contributed by atoms with Crippen molar-refractivity contribution in [2.45, 2.75) is 83.7 Å². The van der Waals surface area contributed by atoms with Gasteiger partial charge in [0, 0.05) is 13.0 Å². The maximum absolute atomic E-state index is 13.8. The Kier molecular flexibility index (Phi) is 9.08. The van der Waals surface area contributed by atoms with Gasteiger partial charge in [0.1, 0.15) is 6.04 Å². The first-order chi connectivity index (χ1) is 18.6. The molecule has 39 heavy (non-hydrogen) atoms. The third-order valence-corrected chi connectivity index (χ3v) is 7.89. The number of fused-ring (bicyclic) bond motifs is 1. The van der Waals surface area contributed by atoms with Crippen LogP contribution >= 0.6 is 0 Å². The number of carbonyl (C=O) groups is 3. The summed E-state index contributed by atoms with van der Waals surface area (Å²) in [7, 11) is 1.35. The van der Waals surface area contributed by atoms with Gasteiger partial charge in [-0.15, -0.1) is 0 Å². The molecular weight excluding hydrogens is 494 g/mol. The van der Waals surface area contributed by atoms with Gasteiger partial charge < -0.3 is 25.4 Å². The Morgan fingerprint density at radius 1 is 1.08 bits per heavy atom. The Labute approximate surface area is 231 Å². The minimum absolute atomic E-state index is 0.0784. The monoisotopic (exact) mass is 535 g/mol. The van der Waals surface area contributed by atoms with Gasteiger partial charge in [0.15, 0.2) is 0 Å². The van der Waals surface area contributed by atoms with Crippen LogP contribution in [0.3, 0.4) is 0 Å². The molecule has 1 saturated heterocycles. The molecule has 4 rings (SSSR count). The number of methoxy groups -OCH3 is 1. The zero-order valence-electron chi connectivity index (χ0n) is 23.4. The summed E-state index contributed by atoms with van der Waals surface area (Å²) >= 11 is 0. The fraction of sp³-hybridized carbons (Fsp3) is 0.516. The van der Waals surface area contributed by atoms with E-state index in [9.17, 15) is 14.4 Å². The number of esters is 1. The second kappa shape index (κ2) is 12.3. The molecule has 2 amide bonds. The Morgan fingerprint density at radius 2 is 1.79 bits per heavy atom. The summed E-state index contributed by atoms with van der Waals surface area (Å²) < 4.78 is 11.0. The maximum Gasteiger partial charge on any atom is 0.337 e. The molecule has 0 unspecified atom stereocenters. The molecular formula is C31H41N3O5. The SMILES string of the molecule is COC(=O)c1ccc(CO[C@@H]2CCN(C(=O)[C@@H](N)C(C)(C)C)[C@H](C(=O)N[C@@H]3CCCc4ccccc43)C2)cc1. The number of likely N-dealkylation sites (tertiary alicyclic amines) is 1. The lowest BCUT2D eigenvalue weighted by Crippen LogP contribution is -2.60. The smallest absolute Gasteiger partial charge is 0.337 e. The summed E-state index contributed by atoms with van der Waals surface area (Å²) in [6.45, 7) is 6.54. The molecule has 2 aromatic carbocycles. The molecule has 0 spiro atoms. The van der Waals surface area contributed by atoms with Gasteiger partial charge in [-0.2, -0.15) is 0 Å². The molecule has 8 nitrogen and oxygen atoms in total. The van der Waals surface area contributed by atoms with Crippen molar-refractivity contribution in [3.63, 3.8) is 0 Å². The number of nitrogens with two attached hydrogens (primary N) is 1. The van der Waals surface area contributed by atoms with Crippen LogP contribution in [-0.2, 0) is 32.1 Å². The molecule has 4 atom stereocenters. The van der Waals surface area contributed by atoms with Gasteiger partial charge in [-0.1, -0.05) is 57.2 Å². The van der Waals surface area contributed by atoms with Crippen LogP contribution in [0.25, 0.3) is 0 Å². The molecule has 0 radical (unpaired) electrons. The molecule has 210 valence electrons. The average Bonchev–Trinajstić information content (AvgIpc) is 2.94. The van der Waals surface area contributed by atoms with E-state index in [-0.39, 0.29) is 29.9 Å². The lowest BCUT2D eigenvalue weighted by atomic mass is 9.85. The first-order valence-electron chi connectivity index (χ1n) is 13.8. The van der Waals surface area contributed by atoms with Crippen LogP contribution in [0.5, 0.6) is 0 Å². The summed E-state index contributed by atoms with van der Waals surface area (Å²) in [5.41, 5.74) is 9.74. The van der Waals surface area contributed by atoms with Crippen LogP contribution in [0.15, 0.2) is 48.5 Å². The Balaban J connectivity index is 1.48. The highest BCUT2D eigenvalue weighted by atomic mass is 16.5. The number of benzene rings is 2. The van der Waals surface area contributed by atoms with E-state index in [1.807, 2.05) is 45.0 Å². The summed E-state index contributed by atoms with van der Waals surface area (Å²) in [5.74, 6) is -0.757. The molecule has 1 aliphatic carbocycles. The van der Waals surface area contributed by atoms with Crippen molar-refractivity contribution in [1.82, 2.24) is 10.2 Å². The van der Waals surface area contributed by atoms with E-state index in [1.165, 1.54) is 12.7 Å². The highest BCUT2D eigenvalue weighted by molar-refractivity contribution is 5.91. The predicted octanol–water partition coefficient (Wildman–Crippen LogP) is 3.92. The summed E-state index contributed by atoms with van der Waals surface area (Å²) in [6, 6.07) is 13.9. The summed E-state index contributed by atoms with van der Waals surface area (Å²) in [4.78, 5) is 40.6. The van der Waals surface area contributed by atoms with E-state index in [4.69, 9.17) is 15.2 Å². The van der Waals surface area contributed by atoms with Crippen LogP contribution in [0.1, 0.15) is 79.5 Å². The number of hydrogen-bond acceptors (Lipinski definition) is 6. The van der Waals surface area contributed by atoms with Gasteiger partial charge in [0.05, 0.1) is 37.5 Å². The standard InChI is InChI=1S/C31H41N3O5/c1-31(2,3)27(32)29(36)34-17-16-23(39-19-20-12-14-22(15-13-20)30(37)38-4)18-26(34)28(35)33-25-11-7-9-21-8-5-6-10-24(21)25/h5-6,8,10,12-15,23,25-27H,7,9,11,16-19,32H2,1-4H3,(H,33,35)/t23-,25-,26+,27-/m1/s1. The van der Waals surface area contributed by atoms with Crippen LogP contribution < -0.4 is 11.1 Å². The van der Waals surface area contributed by atoms with Gasteiger partial charge in [-0.25, -0.2) is 4.79 Å². The first kappa shape index (κ1) is 28.8. The number of nitrogens with one attached hydrogen (secondary N) is 1. The number of carbonyl (C=O) groups excluding carboxylic acids is 3. The van der Waals surface area contributed by atoms with Crippen molar-refractivity contribution in [1.29, 1.82) is 0 Å². The van der Waals surface area contributed by atoms with Gasteiger partial charge in [-0.05, 0) is 59.9 Å². The van der Waals surface area contributed by atoms with Crippen LogP contribution in [-0.4, -0.2) is 54.5 Å². The highest BCUT2D eigenvalue weighted by Crippen LogP contribution is 2.31. The Hall–Kier alpha value is -3.23.